The van der Waals surface area contributed by atoms with Crippen molar-refractivity contribution in [3.8, 4) is 5.75 Å². The lowest BCUT2D eigenvalue weighted by Crippen LogP contribution is -2.32. The highest BCUT2D eigenvalue weighted by Crippen LogP contribution is 2.27. The highest BCUT2D eigenvalue weighted by Gasteiger charge is 2.25. The van der Waals surface area contributed by atoms with E-state index in [1.165, 1.54) is 0 Å². The van der Waals surface area contributed by atoms with Crippen LogP contribution in [0.4, 0.5) is 5.69 Å². The van der Waals surface area contributed by atoms with Gasteiger partial charge in [-0.15, -0.1) is 0 Å². The number of para-hydroxylation sites is 2. The first-order valence-electron chi connectivity index (χ1n) is 6.39. The molecule has 0 saturated carbocycles. The fourth-order valence-corrected chi connectivity index (χ4v) is 2.26. The number of benzene rings is 2. The van der Waals surface area contributed by atoms with Gasteiger partial charge in [-0.3, -0.25) is 4.79 Å². The zero-order valence-electron chi connectivity index (χ0n) is 10.5. The standard InChI is InChI=1S/C16H15NO2/c18-16(17-14-7-2-1-3-8-14)13-10-12-6-4-5-9-15(12)19-11-13/h1-9,13H,10-11H2,(H,17,18)/t13-/m1/s1. The van der Waals surface area contributed by atoms with E-state index in [0.717, 1.165) is 23.4 Å². The van der Waals surface area contributed by atoms with Crippen LogP contribution < -0.4 is 10.1 Å². The van der Waals surface area contributed by atoms with Gasteiger partial charge < -0.3 is 10.1 Å². The summed E-state index contributed by atoms with van der Waals surface area (Å²) in [6, 6.07) is 17.4. The molecule has 1 amide bonds. The second kappa shape index (κ2) is 5.14. The van der Waals surface area contributed by atoms with E-state index < -0.39 is 0 Å². The van der Waals surface area contributed by atoms with E-state index >= 15 is 0 Å². The molecule has 1 aliphatic heterocycles. The zero-order chi connectivity index (χ0) is 13.1. The number of hydrogen-bond donors (Lipinski definition) is 1. The van der Waals surface area contributed by atoms with Gasteiger partial charge in [-0.25, -0.2) is 0 Å². The fraction of sp³-hybridized carbons (Fsp3) is 0.188. The minimum atomic E-state index is -0.130. The number of anilines is 1. The van der Waals surface area contributed by atoms with Crippen LogP contribution in [0.15, 0.2) is 54.6 Å². The summed E-state index contributed by atoms with van der Waals surface area (Å²) < 4.78 is 5.63. The van der Waals surface area contributed by atoms with Crippen LogP contribution >= 0.6 is 0 Å². The molecule has 0 aromatic heterocycles. The van der Waals surface area contributed by atoms with Gasteiger partial charge in [-0.1, -0.05) is 36.4 Å². The fourth-order valence-electron chi connectivity index (χ4n) is 2.26. The van der Waals surface area contributed by atoms with E-state index in [4.69, 9.17) is 4.74 Å². The second-order valence-corrected chi connectivity index (χ2v) is 4.68. The summed E-state index contributed by atoms with van der Waals surface area (Å²) in [5, 5.41) is 2.92. The summed E-state index contributed by atoms with van der Waals surface area (Å²) in [5.41, 5.74) is 1.92. The highest BCUT2D eigenvalue weighted by atomic mass is 16.5. The zero-order valence-corrected chi connectivity index (χ0v) is 10.5. The Labute approximate surface area is 112 Å². The third kappa shape index (κ3) is 2.60. The van der Waals surface area contributed by atoms with Gasteiger partial charge >= 0.3 is 0 Å². The van der Waals surface area contributed by atoms with E-state index in [1.54, 1.807) is 0 Å². The average Bonchev–Trinajstić information content (AvgIpc) is 2.48. The molecule has 0 spiro atoms. The third-order valence-electron chi connectivity index (χ3n) is 3.29. The van der Waals surface area contributed by atoms with Crippen molar-refractivity contribution in [2.75, 3.05) is 11.9 Å². The van der Waals surface area contributed by atoms with Gasteiger partial charge in [0.25, 0.3) is 0 Å². The quantitative estimate of drug-likeness (QED) is 0.893. The summed E-state index contributed by atoms with van der Waals surface area (Å²) in [4.78, 5) is 12.2. The van der Waals surface area contributed by atoms with Crippen LogP contribution in [0.3, 0.4) is 0 Å². The van der Waals surface area contributed by atoms with Crippen LogP contribution in [0, 0.1) is 5.92 Å². The van der Waals surface area contributed by atoms with Crippen molar-refractivity contribution in [3.63, 3.8) is 0 Å². The molecule has 3 rings (SSSR count). The molecule has 96 valence electrons. The van der Waals surface area contributed by atoms with Gasteiger partial charge in [0, 0.05) is 5.69 Å². The van der Waals surface area contributed by atoms with Crippen molar-refractivity contribution >= 4 is 11.6 Å². The van der Waals surface area contributed by atoms with Crippen molar-refractivity contribution in [2.24, 2.45) is 5.92 Å². The summed E-state index contributed by atoms with van der Waals surface area (Å²) in [7, 11) is 0. The van der Waals surface area contributed by atoms with Crippen LogP contribution in [0.1, 0.15) is 5.56 Å². The predicted molar refractivity (Wildman–Crippen MR) is 74.2 cm³/mol. The first-order chi connectivity index (χ1) is 9.33. The molecule has 3 heteroatoms. The Kier molecular flexibility index (Phi) is 3.19. The maximum absolute atomic E-state index is 12.2. The van der Waals surface area contributed by atoms with Crippen LogP contribution in [-0.4, -0.2) is 12.5 Å². The lowest BCUT2D eigenvalue weighted by Gasteiger charge is -2.24. The Morgan fingerprint density at radius 2 is 1.79 bits per heavy atom. The predicted octanol–water partition coefficient (Wildman–Crippen LogP) is 2.88. The number of fused-ring (bicyclic) bond motifs is 1. The van der Waals surface area contributed by atoms with Crippen LogP contribution in [0.5, 0.6) is 5.75 Å². The Morgan fingerprint density at radius 3 is 2.63 bits per heavy atom. The molecule has 1 aliphatic rings. The molecule has 0 saturated heterocycles. The average molecular weight is 253 g/mol. The molecule has 19 heavy (non-hydrogen) atoms. The molecule has 0 unspecified atom stereocenters. The molecule has 2 aromatic carbocycles. The first kappa shape index (κ1) is 11.8. The van der Waals surface area contributed by atoms with Crippen LogP contribution in [0.25, 0.3) is 0 Å². The highest BCUT2D eigenvalue weighted by molar-refractivity contribution is 5.93. The van der Waals surface area contributed by atoms with Crippen molar-refractivity contribution in [2.45, 2.75) is 6.42 Å². The lowest BCUT2D eigenvalue weighted by molar-refractivity contribution is -0.121. The summed E-state index contributed by atoms with van der Waals surface area (Å²) in [6.45, 7) is 0.440. The van der Waals surface area contributed by atoms with Gasteiger partial charge in [-0.05, 0) is 30.2 Å². The molecular formula is C16H15NO2. The molecular weight excluding hydrogens is 238 g/mol. The van der Waals surface area contributed by atoms with Crippen LogP contribution in [-0.2, 0) is 11.2 Å². The van der Waals surface area contributed by atoms with Gasteiger partial charge in [0.1, 0.15) is 12.4 Å². The maximum atomic E-state index is 12.2. The summed E-state index contributed by atoms with van der Waals surface area (Å²) in [6.07, 6.45) is 0.731. The number of nitrogens with one attached hydrogen (secondary N) is 1. The van der Waals surface area contributed by atoms with Crippen molar-refractivity contribution < 1.29 is 9.53 Å². The van der Waals surface area contributed by atoms with Gasteiger partial charge in [0.2, 0.25) is 5.91 Å². The van der Waals surface area contributed by atoms with E-state index in [2.05, 4.69) is 5.32 Å². The molecule has 1 heterocycles. The van der Waals surface area contributed by atoms with Gasteiger partial charge in [-0.2, -0.15) is 0 Å². The van der Waals surface area contributed by atoms with E-state index in [0.29, 0.717) is 6.61 Å². The molecule has 0 radical (unpaired) electrons. The molecule has 0 fully saturated rings. The number of amides is 1. The third-order valence-corrected chi connectivity index (χ3v) is 3.29. The number of hydrogen-bond acceptors (Lipinski definition) is 2. The largest absolute Gasteiger partial charge is 0.492 e. The Balaban J connectivity index is 1.70. The molecule has 2 aromatic rings. The van der Waals surface area contributed by atoms with Crippen molar-refractivity contribution in [1.82, 2.24) is 0 Å². The first-order valence-corrected chi connectivity index (χ1v) is 6.39. The van der Waals surface area contributed by atoms with Gasteiger partial charge in [0.05, 0.1) is 5.92 Å². The maximum Gasteiger partial charge on any atom is 0.231 e. The van der Waals surface area contributed by atoms with Crippen molar-refractivity contribution in [3.05, 3.63) is 60.2 Å². The summed E-state index contributed by atoms with van der Waals surface area (Å²) >= 11 is 0. The minimum absolute atomic E-state index is 0.0145. The minimum Gasteiger partial charge on any atom is -0.492 e. The number of rotatable bonds is 2. The number of carbonyl (C=O) groups is 1. The van der Waals surface area contributed by atoms with E-state index in [1.807, 2.05) is 54.6 Å². The summed E-state index contributed by atoms with van der Waals surface area (Å²) in [5.74, 6) is 0.780. The molecule has 3 nitrogen and oxygen atoms in total. The topological polar surface area (TPSA) is 38.3 Å². The van der Waals surface area contributed by atoms with E-state index in [9.17, 15) is 4.79 Å². The molecule has 1 atom stereocenters. The van der Waals surface area contributed by atoms with Crippen LogP contribution in [0.2, 0.25) is 0 Å². The lowest BCUT2D eigenvalue weighted by atomic mass is 9.96. The molecule has 0 aliphatic carbocycles. The Bertz CT molecular complexity index is 580. The SMILES string of the molecule is O=C(Nc1ccccc1)[C@H]1COc2ccccc2C1. The molecule has 0 bridgehead atoms. The van der Waals surface area contributed by atoms with Crippen molar-refractivity contribution in [1.29, 1.82) is 0 Å². The Hall–Kier alpha value is -2.29. The Morgan fingerprint density at radius 1 is 1.05 bits per heavy atom. The smallest absolute Gasteiger partial charge is 0.231 e. The number of carbonyl (C=O) groups excluding carboxylic acids is 1. The van der Waals surface area contributed by atoms with E-state index in [-0.39, 0.29) is 11.8 Å². The monoisotopic (exact) mass is 253 g/mol. The second-order valence-electron chi connectivity index (χ2n) is 4.68. The molecule has 1 N–H and O–H groups in total. The normalized spacial score (nSPS) is 17.2. The number of ether oxygens (including phenoxy) is 1. The van der Waals surface area contributed by atoms with Gasteiger partial charge in [0.15, 0.2) is 0 Å².